The zero-order chi connectivity index (χ0) is 15.5. The van der Waals surface area contributed by atoms with Crippen LogP contribution in [0.25, 0.3) is 0 Å². The summed E-state index contributed by atoms with van der Waals surface area (Å²) in [6.45, 7) is 3.35. The number of aliphatic hydroxyl groups is 1. The Bertz CT molecular complexity index is 572. The molecule has 1 aliphatic heterocycles. The van der Waals surface area contributed by atoms with E-state index in [1.807, 2.05) is 6.92 Å². The second-order valence-corrected chi connectivity index (χ2v) is 7.55. The predicted octanol–water partition coefficient (Wildman–Crippen LogP) is 0.455. The monoisotopic (exact) mass is 317 g/mol. The largest absolute Gasteiger partial charge is 0.396 e. The molecule has 1 aliphatic rings. The highest BCUT2D eigenvalue weighted by atomic mass is 32.2. The lowest BCUT2D eigenvalue weighted by atomic mass is 9.96. The van der Waals surface area contributed by atoms with E-state index in [-0.39, 0.29) is 11.5 Å². The van der Waals surface area contributed by atoms with E-state index in [2.05, 4.69) is 5.10 Å². The lowest BCUT2D eigenvalue weighted by Gasteiger charge is -2.38. The van der Waals surface area contributed by atoms with Gasteiger partial charge in [0.25, 0.3) is 0 Å². The second-order valence-electron chi connectivity index (χ2n) is 5.61. The molecule has 1 atom stereocenters. The lowest BCUT2D eigenvalue weighted by molar-refractivity contribution is -0.0319. The number of methoxy groups -OCH3 is 1. The van der Waals surface area contributed by atoms with Gasteiger partial charge in [-0.3, -0.25) is 4.68 Å². The minimum Gasteiger partial charge on any atom is -0.396 e. The van der Waals surface area contributed by atoms with Gasteiger partial charge in [-0.05, 0) is 26.2 Å². The van der Waals surface area contributed by atoms with Crippen LogP contribution in [0, 0.1) is 0 Å². The van der Waals surface area contributed by atoms with Crippen LogP contribution in [0.2, 0.25) is 0 Å². The van der Waals surface area contributed by atoms with Crippen LogP contribution in [0.5, 0.6) is 0 Å². The van der Waals surface area contributed by atoms with Gasteiger partial charge in [0.1, 0.15) is 4.90 Å². The Labute approximate surface area is 125 Å². The molecule has 0 bridgehead atoms. The molecule has 1 aromatic heterocycles. The number of hydrogen-bond acceptors (Lipinski definition) is 5. The van der Waals surface area contributed by atoms with Gasteiger partial charge in [0.15, 0.2) is 0 Å². The average Bonchev–Trinajstić information content (AvgIpc) is 2.95. The van der Waals surface area contributed by atoms with Gasteiger partial charge in [0.2, 0.25) is 10.0 Å². The van der Waals surface area contributed by atoms with Crippen LogP contribution >= 0.6 is 0 Å². The molecule has 0 saturated carbocycles. The molecule has 0 aromatic carbocycles. The predicted molar refractivity (Wildman–Crippen MR) is 77.3 cm³/mol. The Kier molecular flexibility index (Phi) is 5.03. The van der Waals surface area contributed by atoms with Crippen molar-refractivity contribution in [2.75, 3.05) is 26.8 Å². The smallest absolute Gasteiger partial charge is 0.246 e. The van der Waals surface area contributed by atoms with Crippen molar-refractivity contribution in [2.45, 2.75) is 43.2 Å². The first-order valence-electron chi connectivity index (χ1n) is 7.10. The standard InChI is InChI=1S/C13H23N3O4S/c1-13(20-2)5-3-7-16(11-13)21(18,19)12-9-14-15(10-12)6-4-8-17/h9-10,17H,3-8,11H2,1-2H3. The van der Waals surface area contributed by atoms with Gasteiger partial charge in [0.05, 0.1) is 11.8 Å². The fraction of sp³-hybridized carbons (Fsp3) is 0.769. The van der Waals surface area contributed by atoms with Crippen LogP contribution < -0.4 is 0 Å². The van der Waals surface area contributed by atoms with Crippen LogP contribution in [0.3, 0.4) is 0 Å². The van der Waals surface area contributed by atoms with Crippen LogP contribution in [-0.2, 0) is 21.3 Å². The Morgan fingerprint density at radius 1 is 1.52 bits per heavy atom. The molecular weight excluding hydrogens is 294 g/mol. The maximum atomic E-state index is 12.6. The SMILES string of the molecule is COC1(C)CCCN(S(=O)(=O)c2cnn(CCCO)c2)C1. The van der Waals surface area contributed by atoms with Crippen molar-refractivity contribution in [1.82, 2.24) is 14.1 Å². The van der Waals surface area contributed by atoms with Gasteiger partial charge in [-0.15, -0.1) is 0 Å². The number of aromatic nitrogens is 2. The van der Waals surface area contributed by atoms with Crippen LogP contribution in [0.1, 0.15) is 26.2 Å². The summed E-state index contributed by atoms with van der Waals surface area (Å²) in [4.78, 5) is 0.195. The summed E-state index contributed by atoms with van der Waals surface area (Å²) in [5.74, 6) is 0. The first-order chi connectivity index (χ1) is 9.91. The Balaban J connectivity index is 2.15. The third-order valence-corrected chi connectivity index (χ3v) is 5.71. The van der Waals surface area contributed by atoms with Gasteiger partial charge in [0, 0.05) is 39.5 Å². The summed E-state index contributed by atoms with van der Waals surface area (Å²) in [7, 11) is -1.93. The molecule has 120 valence electrons. The topological polar surface area (TPSA) is 84.7 Å². The second kappa shape index (κ2) is 6.43. The van der Waals surface area contributed by atoms with E-state index in [1.165, 1.54) is 16.7 Å². The Morgan fingerprint density at radius 2 is 2.29 bits per heavy atom. The van der Waals surface area contributed by atoms with Crippen molar-refractivity contribution in [2.24, 2.45) is 0 Å². The molecule has 21 heavy (non-hydrogen) atoms. The maximum Gasteiger partial charge on any atom is 0.246 e. The van der Waals surface area contributed by atoms with E-state index in [0.717, 1.165) is 12.8 Å². The van der Waals surface area contributed by atoms with E-state index < -0.39 is 15.6 Å². The molecule has 0 aliphatic carbocycles. The first-order valence-corrected chi connectivity index (χ1v) is 8.54. The van der Waals surface area contributed by atoms with E-state index in [4.69, 9.17) is 9.84 Å². The minimum atomic E-state index is -3.54. The number of aryl methyl sites for hydroxylation is 1. The number of sulfonamides is 1. The van der Waals surface area contributed by atoms with E-state index in [1.54, 1.807) is 11.8 Å². The van der Waals surface area contributed by atoms with Crippen molar-refractivity contribution in [3.8, 4) is 0 Å². The van der Waals surface area contributed by atoms with Gasteiger partial charge in [-0.2, -0.15) is 9.40 Å². The average molecular weight is 317 g/mol. The normalized spacial score (nSPS) is 24.3. The molecule has 2 rings (SSSR count). The fourth-order valence-corrected chi connectivity index (χ4v) is 4.06. The van der Waals surface area contributed by atoms with Crippen molar-refractivity contribution in [1.29, 1.82) is 0 Å². The Morgan fingerprint density at radius 3 is 2.95 bits per heavy atom. The Hall–Kier alpha value is -0.960. The van der Waals surface area contributed by atoms with E-state index in [9.17, 15) is 8.42 Å². The summed E-state index contributed by atoms with van der Waals surface area (Å²) in [6.07, 6.45) is 5.06. The molecule has 0 amide bonds. The summed E-state index contributed by atoms with van der Waals surface area (Å²) in [6, 6.07) is 0. The number of hydrogen-bond donors (Lipinski definition) is 1. The third kappa shape index (κ3) is 3.63. The van der Waals surface area contributed by atoms with E-state index in [0.29, 0.717) is 26.1 Å². The molecule has 0 spiro atoms. The molecule has 1 saturated heterocycles. The highest BCUT2D eigenvalue weighted by Crippen LogP contribution is 2.28. The number of ether oxygens (including phenoxy) is 1. The molecule has 0 radical (unpaired) electrons. The molecule has 1 N–H and O–H groups in total. The third-order valence-electron chi connectivity index (χ3n) is 3.91. The number of rotatable bonds is 6. The lowest BCUT2D eigenvalue weighted by Crippen LogP contribution is -2.49. The number of piperidine rings is 1. The van der Waals surface area contributed by atoms with Crippen molar-refractivity contribution >= 4 is 10.0 Å². The molecule has 1 fully saturated rings. The zero-order valence-electron chi connectivity index (χ0n) is 12.5. The summed E-state index contributed by atoms with van der Waals surface area (Å²) in [5, 5.41) is 12.8. The highest BCUT2D eigenvalue weighted by Gasteiger charge is 2.37. The number of nitrogens with zero attached hydrogens (tertiary/aromatic N) is 3. The summed E-state index contributed by atoms with van der Waals surface area (Å²) < 4.78 is 33.7. The zero-order valence-corrected chi connectivity index (χ0v) is 13.3. The fourth-order valence-electron chi connectivity index (χ4n) is 2.51. The summed E-state index contributed by atoms with van der Waals surface area (Å²) >= 11 is 0. The van der Waals surface area contributed by atoms with Gasteiger partial charge in [-0.1, -0.05) is 0 Å². The van der Waals surface area contributed by atoms with Crippen molar-refractivity contribution in [3.63, 3.8) is 0 Å². The maximum absolute atomic E-state index is 12.6. The quantitative estimate of drug-likeness (QED) is 0.824. The summed E-state index contributed by atoms with van der Waals surface area (Å²) in [5.41, 5.74) is -0.432. The van der Waals surface area contributed by atoms with Gasteiger partial charge >= 0.3 is 0 Å². The molecule has 1 aromatic rings. The van der Waals surface area contributed by atoms with Gasteiger partial charge < -0.3 is 9.84 Å². The first kappa shape index (κ1) is 16.4. The minimum absolute atomic E-state index is 0.0558. The molecule has 2 heterocycles. The van der Waals surface area contributed by atoms with Gasteiger partial charge in [-0.25, -0.2) is 8.42 Å². The van der Waals surface area contributed by atoms with Crippen molar-refractivity contribution in [3.05, 3.63) is 12.4 Å². The highest BCUT2D eigenvalue weighted by molar-refractivity contribution is 7.89. The molecule has 7 nitrogen and oxygen atoms in total. The van der Waals surface area contributed by atoms with Crippen molar-refractivity contribution < 1.29 is 18.3 Å². The van der Waals surface area contributed by atoms with E-state index >= 15 is 0 Å². The molecule has 8 heteroatoms. The molecular formula is C13H23N3O4S. The molecule has 1 unspecified atom stereocenters. The number of aliphatic hydroxyl groups excluding tert-OH is 1. The van der Waals surface area contributed by atoms with Crippen LogP contribution in [0.15, 0.2) is 17.3 Å². The van der Waals surface area contributed by atoms with Crippen LogP contribution in [0.4, 0.5) is 0 Å². The van der Waals surface area contributed by atoms with Crippen LogP contribution in [-0.4, -0.2) is 60.0 Å².